The Morgan fingerprint density at radius 1 is 1.24 bits per heavy atom. The second-order valence-electron chi connectivity index (χ2n) is 3.47. The van der Waals surface area contributed by atoms with Crippen LogP contribution in [0.5, 0.6) is 0 Å². The smallest absolute Gasteiger partial charge is 0.269 e. The van der Waals surface area contributed by atoms with Crippen molar-refractivity contribution in [2.75, 3.05) is 0 Å². The molecule has 0 atom stereocenters. The van der Waals surface area contributed by atoms with Crippen LogP contribution in [0.4, 0.5) is 5.69 Å². The first kappa shape index (κ1) is 11.0. The number of rotatable bonds is 3. The van der Waals surface area contributed by atoms with Crippen LogP contribution in [0.3, 0.4) is 0 Å². The normalized spacial score (nSPS) is 10.1. The van der Waals surface area contributed by atoms with Gasteiger partial charge in [-0.2, -0.15) is 0 Å². The lowest BCUT2D eigenvalue weighted by atomic mass is 10.2. The zero-order valence-electron chi connectivity index (χ0n) is 8.81. The second-order valence-corrected chi connectivity index (χ2v) is 3.47. The van der Waals surface area contributed by atoms with E-state index in [0.29, 0.717) is 6.54 Å². The molecule has 0 N–H and O–H groups in total. The Morgan fingerprint density at radius 2 is 1.94 bits per heavy atom. The molecule has 0 saturated heterocycles. The summed E-state index contributed by atoms with van der Waals surface area (Å²) in [6.45, 7) is 0.352. The molecule has 0 aliphatic rings. The van der Waals surface area contributed by atoms with Crippen LogP contribution in [-0.2, 0) is 6.54 Å². The van der Waals surface area contributed by atoms with Gasteiger partial charge in [0.2, 0.25) is 0 Å². The highest BCUT2D eigenvalue weighted by Crippen LogP contribution is 2.12. The van der Waals surface area contributed by atoms with E-state index in [0.717, 1.165) is 5.56 Å². The van der Waals surface area contributed by atoms with Crippen molar-refractivity contribution in [3.8, 4) is 0 Å². The van der Waals surface area contributed by atoms with Crippen molar-refractivity contribution in [1.82, 2.24) is 9.55 Å². The number of non-ortho nitro benzene ring substituents is 1. The summed E-state index contributed by atoms with van der Waals surface area (Å²) in [6.07, 6.45) is 2.86. The summed E-state index contributed by atoms with van der Waals surface area (Å²) in [5.41, 5.74) is 0.691. The highest BCUT2D eigenvalue weighted by molar-refractivity contribution is 5.32. The molecule has 2 rings (SSSR count). The maximum atomic E-state index is 11.4. The molecule has 0 bridgehead atoms. The summed E-state index contributed by atoms with van der Waals surface area (Å²) in [5, 5.41) is 10.5. The van der Waals surface area contributed by atoms with Gasteiger partial charge in [-0.25, -0.2) is 4.98 Å². The van der Waals surface area contributed by atoms with E-state index in [1.54, 1.807) is 12.1 Å². The number of nitro groups is 1. The van der Waals surface area contributed by atoms with E-state index < -0.39 is 4.92 Å². The molecule has 6 nitrogen and oxygen atoms in total. The molecule has 0 unspecified atom stereocenters. The van der Waals surface area contributed by atoms with Gasteiger partial charge in [-0.3, -0.25) is 19.5 Å². The molecule has 1 aromatic carbocycles. The van der Waals surface area contributed by atoms with Gasteiger partial charge in [0.15, 0.2) is 0 Å². The summed E-state index contributed by atoms with van der Waals surface area (Å²) in [6, 6.07) is 7.44. The molecule has 17 heavy (non-hydrogen) atoms. The Kier molecular flexibility index (Phi) is 2.95. The molecule has 0 aliphatic carbocycles. The minimum Gasteiger partial charge on any atom is -0.295 e. The third kappa shape index (κ3) is 2.54. The van der Waals surface area contributed by atoms with Gasteiger partial charge in [0, 0.05) is 24.4 Å². The number of nitro benzene ring substituents is 1. The van der Waals surface area contributed by atoms with Crippen molar-refractivity contribution >= 4 is 5.69 Å². The van der Waals surface area contributed by atoms with Crippen LogP contribution in [0.15, 0.2) is 47.7 Å². The van der Waals surface area contributed by atoms with Gasteiger partial charge in [0.05, 0.1) is 17.8 Å². The summed E-state index contributed by atoms with van der Waals surface area (Å²) in [4.78, 5) is 25.3. The fourth-order valence-electron chi connectivity index (χ4n) is 1.42. The average molecular weight is 231 g/mol. The van der Waals surface area contributed by atoms with Crippen LogP contribution < -0.4 is 5.56 Å². The van der Waals surface area contributed by atoms with Gasteiger partial charge in [0.25, 0.3) is 11.2 Å². The molecule has 6 heteroatoms. The zero-order valence-corrected chi connectivity index (χ0v) is 8.81. The predicted molar refractivity (Wildman–Crippen MR) is 60.7 cm³/mol. The summed E-state index contributed by atoms with van der Waals surface area (Å²) in [5.74, 6) is 0. The van der Waals surface area contributed by atoms with E-state index in [1.165, 1.54) is 35.3 Å². The minimum atomic E-state index is -0.458. The predicted octanol–water partition coefficient (Wildman–Crippen LogP) is 1.20. The number of hydrogen-bond acceptors (Lipinski definition) is 4. The lowest BCUT2D eigenvalue weighted by Gasteiger charge is -2.03. The Balaban J connectivity index is 2.23. The minimum absolute atomic E-state index is 0.0345. The van der Waals surface area contributed by atoms with Crippen molar-refractivity contribution in [2.45, 2.75) is 6.54 Å². The first-order chi connectivity index (χ1) is 8.16. The maximum Gasteiger partial charge on any atom is 0.269 e. The van der Waals surface area contributed by atoms with E-state index in [-0.39, 0.29) is 11.2 Å². The molecule has 1 aromatic heterocycles. The van der Waals surface area contributed by atoms with Gasteiger partial charge < -0.3 is 0 Å². The van der Waals surface area contributed by atoms with E-state index in [1.807, 2.05) is 0 Å². The highest BCUT2D eigenvalue weighted by Gasteiger charge is 2.04. The first-order valence-corrected chi connectivity index (χ1v) is 4.90. The van der Waals surface area contributed by atoms with E-state index in [2.05, 4.69) is 4.98 Å². The van der Waals surface area contributed by atoms with Crippen molar-refractivity contribution in [2.24, 2.45) is 0 Å². The van der Waals surface area contributed by atoms with E-state index >= 15 is 0 Å². The molecular formula is C11H9N3O3. The van der Waals surface area contributed by atoms with Crippen LogP contribution in [0.25, 0.3) is 0 Å². The summed E-state index contributed by atoms with van der Waals surface area (Å²) in [7, 11) is 0. The molecule has 0 saturated carbocycles. The van der Waals surface area contributed by atoms with Gasteiger partial charge in [-0.15, -0.1) is 0 Å². The standard InChI is InChI=1S/C11H9N3O3/c15-11-5-6-12-8-13(11)7-9-1-3-10(4-2-9)14(16)17/h1-6,8H,7H2. The monoisotopic (exact) mass is 231 g/mol. The molecule has 2 aromatic rings. The number of benzene rings is 1. The van der Waals surface area contributed by atoms with Crippen molar-refractivity contribution in [1.29, 1.82) is 0 Å². The van der Waals surface area contributed by atoms with Crippen LogP contribution in [0.2, 0.25) is 0 Å². The lowest BCUT2D eigenvalue weighted by molar-refractivity contribution is -0.384. The molecule has 0 fully saturated rings. The number of hydrogen-bond donors (Lipinski definition) is 0. The molecule has 0 aliphatic heterocycles. The Bertz CT molecular complexity index is 589. The highest BCUT2D eigenvalue weighted by atomic mass is 16.6. The third-order valence-electron chi connectivity index (χ3n) is 2.29. The molecular weight excluding hydrogens is 222 g/mol. The molecule has 0 radical (unpaired) electrons. The molecule has 0 amide bonds. The molecule has 86 valence electrons. The fourth-order valence-corrected chi connectivity index (χ4v) is 1.42. The quantitative estimate of drug-likeness (QED) is 0.587. The van der Waals surface area contributed by atoms with Crippen molar-refractivity contribution in [3.63, 3.8) is 0 Å². The molecule has 0 spiro atoms. The Morgan fingerprint density at radius 3 is 2.53 bits per heavy atom. The van der Waals surface area contributed by atoms with Crippen LogP contribution in [-0.4, -0.2) is 14.5 Å². The average Bonchev–Trinajstić information content (AvgIpc) is 2.33. The van der Waals surface area contributed by atoms with Gasteiger partial charge in [-0.05, 0) is 5.56 Å². The van der Waals surface area contributed by atoms with Gasteiger partial charge in [0.1, 0.15) is 0 Å². The van der Waals surface area contributed by atoms with E-state index in [4.69, 9.17) is 0 Å². The Labute approximate surface area is 96.3 Å². The number of aromatic nitrogens is 2. The van der Waals surface area contributed by atoms with Crippen LogP contribution in [0.1, 0.15) is 5.56 Å². The van der Waals surface area contributed by atoms with Gasteiger partial charge in [-0.1, -0.05) is 12.1 Å². The number of nitrogens with zero attached hydrogens (tertiary/aromatic N) is 3. The lowest BCUT2D eigenvalue weighted by Crippen LogP contribution is -2.19. The summed E-state index contributed by atoms with van der Waals surface area (Å²) >= 11 is 0. The second kappa shape index (κ2) is 4.56. The van der Waals surface area contributed by atoms with Crippen LogP contribution in [0, 0.1) is 10.1 Å². The molecule has 1 heterocycles. The SMILES string of the molecule is O=c1ccncn1Cc1ccc([N+](=O)[O-])cc1. The topological polar surface area (TPSA) is 78.0 Å². The zero-order chi connectivity index (χ0) is 12.3. The van der Waals surface area contributed by atoms with Crippen molar-refractivity contribution in [3.05, 3.63) is 68.9 Å². The Hall–Kier alpha value is -2.50. The van der Waals surface area contributed by atoms with E-state index in [9.17, 15) is 14.9 Å². The van der Waals surface area contributed by atoms with Crippen molar-refractivity contribution < 1.29 is 4.92 Å². The summed E-state index contributed by atoms with van der Waals surface area (Å²) < 4.78 is 1.43. The first-order valence-electron chi connectivity index (χ1n) is 4.90. The fraction of sp³-hybridized carbons (Fsp3) is 0.0909. The maximum absolute atomic E-state index is 11.4. The van der Waals surface area contributed by atoms with Gasteiger partial charge >= 0.3 is 0 Å². The van der Waals surface area contributed by atoms with Crippen LogP contribution >= 0.6 is 0 Å². The largest absolute Gasteiger partial charge is 0.295 e. The third-order valence-corrected chi connectivity index (χ3v) is 2.29.